The molecule has 0 saturated heterocycles. The van der Waals surface area contributed by atoms with Crippen molar-refractivity contribution in [2.75, 3.05) is 5.32 Å². The Bertz CT molecular complexity index is 853. The van der Waals surface area contributed by atoms with Gasteiger partial charge < -0.3 is 9.84 Å². The van der Waals surface area contributed by atoms with Gasteiger partial charge in [0.05, 0.1) is 0 Å². The van der Waals surface area contributed by atoms with Gasteiger partial charge >= 0.3 is 0 Å². The lowest BCUT2D eigenvalue weighted by Gasteiger charge is -2.07. The monoisotopic (exact) mass is 335 g/mol. The van der Waals surface area contributed by atoms with Crippen molar-refractivity contribution in [2.45, 2.75) is 33.1 Å². The van der Waals surface area contributed by atoms with E-state index in [9.17, 15) is 4.79 Å². The molecule has 0 aliphatic rings. The molecule has 1 amide bonds. The summed E-state index contributed by atoms with van der Waals surface area (Å²) in [5.74, 6) is 1.13. The van der Waals surface area contributed by atoms with Crippen LogP contribution in [0.15, 0.2) is 53.1 Å². The number of nitrogens with zero attached hydrogens (tertiary/aromatic N) is 2. The Kier molecular flexibility index (Phi) is 5.23. The molecule has 1 heterocycles. The van der Waals surface area contributed by atoms with Crippen LogP contribution < -0.4 is 5.32 Å². The summed E-state index contributed by atoms with van der Waals surface area (Å²) in [6.07, 6.45) is 1.66. The quantitative estimate of drug-likeness (QED) is 0.728. The molecule has 5 heteroatoms. The first-order chi connectivity index (χ1) is 12.1. The predicted molar refractivity (Wildman–Crippen MR) is 97.2 cm³/mol. The highest BCUT2D eigenvalue weighted by atomic mass is 16.5. The van der Waals surface area contributed by atoms with Crippen molar-refractivity contribution in [3.8, 4) is 11.4 Å². The average Bonchev–Trinajstić information content (AvgIpc) is 3.06. The van der Waals surface area contributed by atoms with Crippen LogP contribution in [0.2, 0.25) is 0 Å². The molecule has 0 bridgehead atoms. The van der Waals surface area contributed by atoms with Gasteiger partial charge in [0.15, 0.2) is 0 Å². The Hall–Kier alpha value is -2.95. The highest BCUT2D eigenvalue weighted by molar-refractivity contribution is 5.91. The third-order valence-electron chi connectivity index (χ3n) is 3.99. The van der Waals surface area contributed by atoms with Crippen LogP contribution in [-0.4, -0.2) is 16.0 Å². The fraction of sp³-hybridized carbons (Fsp3) is 0.250. The molecule has 0 fully saturated rings. The Morgan fingerprint density at radius 2 is 1.84 bits per heavy atom. The van der Waals surface area contributed by atoms with Crippen molar-refractivity contribution >= 4 is 11.6 Å². The van der Waals surface area contributed by atoms with Crippen LogP contribution in [-0.2, 0) is 11.2 Å². The Balaban J connectivity index is 1.50. The van der Waals surface area contributed by atoms with E-state index in [-0.39, 0.29) is 5.91 Å². The Morgan fingerprint density at radius 1 is 1.08 bits per heavy atom. The first kappa shape index (κ1) is 16.9. The molecule has 2 aromatic carbocycles. The van der Waals surface area contributed by atoms with Crippen molar-refractivity contribution in [1.29, 1.82) is 0 Å². The van der Waals surface area contributed by atoms with Gasteiger partial charge in [-0.1, -0.05) is 53.2 Å². The van der Waals surface area contributed by atoms with Crippen LogP contribution in [0.5, 0.6) is 0 Å². The highest BCUT2D eigenvalue weighted by Gasteiger charge is 2.10. The first-order valence-corrected chi connectivity index (χ1v) is 8.37. The number of para-hydroxylation sites is 1. The molecule has 25 heavy (non-hydrogen) atoms. The number of aromatic nitrogens is 2. The number of amides is 1. The zero-order chi connectivity index (χ0) is 17.6. The minimum atomic E-state index is -0.00688. The van der Waals surface area contributed by atoms with Gasteiger partial charge in [-0.2, -0.15) is 4.98 Å². The number of nitrogens with one attached hydrogen (secondary N) is 1. The molecule has 0 unspecified atom stereocenters. The molecule has 5 nitrogen and oxygen atoms in total. The lowest BCUT2D eigenvalue weighted by molar-refractivity contribution is -0.116. The third kappa shape index (κ3) is 4.53. The second-order valence-corrected chi connectivity index (χ2v) is 6.09. The van der Waals surface area contributed by atoms with E-state index >= 15 is 0 Å². The highest BCUT2D eigenvalue weighted by Crippen LogP contribution is 2.17. The van der Waals surface area contributed by atoms with Crippen LogP contribution in [0.1, 0.15) is 29.9 Å². The summed E-state index contributed by atoms with van der Waals surface area (Å²) in [7, 11) is 0. The summed E-state index contributed by atoms with van der Waals surface area (Å²) in [4.78, 5) is 16.4. The zero-order valence-electron chi connectivity index (χ0n) is 14.5. The number of benzene rings is 2. The molecule has 0 radical (unpaired) electrons. The van der Waals surface area contributed by atoms with Crippen LogP contribution in [0.4, 0.5) is 5.69 Å². The van der Waals surface area contributed by atoms with Crippen LogP contribution >= 0.6 is 0 Å². The maximum atomic E-state index is 12.0. The normalized spacial score (nSPS) is 10.6. The van der Waals surface area contributed by atoms with Crippen molar-refractivity contribution in [3.63, 3.8) is 0 Å². The molecule has 0 atom stereocenters. The summed E-state index contributed by atoms with van der Waals surface area (Å²) in [5, 5.41) is 6.93. The summed E-state index contributed by atoms with van der Waals surface area (Å²) in [5.41, 5.74) is 4.02. The second kappa shape index (κ2) is 7.75. The van der Waals surface area contributed by atoms with E-state index in [1.54, 1.807) is 0 Å². The van der Waals surface area contributed by atoms with Crippen molar-refractivity contribution in [3.05, 3.63) is 65.5 Å². The minimum absolute atomic E-state index is 0.00688. The van der Waals surface area contributed by atoms with Gasteiger partial charge in [-0.05, 0) is 31.9 Å². The van der Waals surface area contributed by atoms with Gasteiger partial charge in [0.25, 0.3) is 0 Å². The molecule has 0 aliphatic heterocycles. The van der Waals surface area contributed by atoms with Crippen molar-refractivity contribution in [2.24, 2.45) is 0 Å². The fourth-order valence-electron chi connectivity index (χ4n) is 2.50. The van der Waals surface area contributed by atoms with E-state index in [2.05, 4.69) is 15.5 Å². The molecular formula is C20H21N3O2. The summed E-state index contributed by atoms with van der Waals surface area (Å²) in [6, 6.07) is 15.7. The topological polar surface area (TPSA) is 68.0 Å². The Labute approximate surface area is 147 Å². The summed E-state index contributed by atoms with van der Waals surface area (Å²) in [6.45, 7) is 4.01. The lowest BCUT2D eigenvalue weighted by Crippen LogP contribution is -2.12. The largest absolute Gasteiger partial charge is 0.339 e. The average molecular weight is 335 g/mol. The van der Waals surface area contributed by atoms with Gasteiger partial charge in [0.2, 0.25) is 17.6 Å². The molecular weight excluding hydrogens is 314 g/mol. The molecule has 0 saturated carbocycles. The van der Waals surface area contributed by atoms with Gasteiger partial charge in [-0.15, -0.1) is 0 Å². The van der Waals surface area contributed by atoms with Crippen LogP contribution in [0.25, 0.3) is 11.4 Å². The van der Waals surface area contributed by atoms with Gasteiger partial charge in [0.1, 0.15) is 0 Å². The van der Waals surface area contributed by atoms with E-state index in [1.807, 2.05) is 62.4 Å². The number of hydrogen-bond acceptors (Lipinski definition) is 4. The maximum absolute atomic E-state index is 12.0. The van der Waals surface area contributed by atoms with Gasteiger partial charge in [-0.25, -0.2) is 0 Å². The summed E-state index contributed by atoms with van der Waals surface area (Å²) >= 11 is 0. The first-order valence-electron chi connectivity index (χ1n) is 8.37. The molecule has 0 spiro atoms. The van der Waals surface area contributed by atoms with E-state index in [4.69, 9.17) is 4.52 Å². The van der Waals surface area contributed by atoms with E-state index in [1.165, 1.54) is 5.56 Å². The van der Waals surface area contributed by atoms with Gasteiger partial charge in [-0.3, -0.25) is 4.79 Å². The predicted octanol–water partition coefficient (Wildman–Crippen LogP) is 4.31. The second-order valence-electron chi connectivity index (χ2n) is 6.09. The van der Waals surface area contributed by atoms with Crippen LogP contribution in [0, 0.1) is 13.8 Å². The van der Waals surface area contributed by atoms with E-state index < -0.39 is 0 Å². The number of carbonyl (C=O) groups excluding carboxylic acids is 1. The van der Waals surface area contributed by atoms with Crippen molar-refractivity contribution < 1.29 is 9.32 Å². The lowest BCUT2D eigenvalue weighted by atomic mass is 10.1. The van der Waals surface area contributed by atoms with E-state index in [0.29, 0.717) is 31.0 Å². The number of anilines is 1. The standard InChI is InChI=1S/C20H21N3O2/c1-14-10-12-16(13-11-14)20-22-19(25-23-20)9-5-8-18(24)21-17-7-4-3-6-15(17)2/h3-4,6-7,10-13H,5,8-9H2,1-2H3,(H,21,24). The number of aryl methyl sites for hydroxylation is 3. The Morgan fingerprint density at radius 3 is 2.60 bits per heavy atom. The molecule has 3 rings (SSSR count). The minimum Gasteiger partial charge on any atom is -0.339 e. The van der Waals surface area contributed by atoms with Crippen LogP contribution in [0.3, 0.4) is 0 Å². The maximum Gasteiger partial charge on any atom is 0.226 e. The number of carbonyl (C=O) groups is 1. The molecule has 1 aromatic heterocycles. The number of rotatable bonds is 6. The number of hydrogen-bond donors (Lipinski definition) is 1. The summed E-state index contributed by atoms with van der Waals surface area (Å²) < 4.78 is 5.28. The molecule has 3 aromatic rings. The molecule has 128 valence electrons. The smallest absolute Gasteiger partial charge is 0.226 e. The fourth-order valence-corrected chi connectivity index (χ4v) is 2.50. The third-order valence-corrected chi connectivity index (χ3v) is 3.99. The molecule has 1 N–H and O–H groups in total. The van der Waals surface area contributed by atoms with E-state index in [0.717, 1.165) is 16.8 Å². The SMILES string of the molecule is Cc1ccc(-c2noc(CCCC(=O)Nc3ccccc3C)n2)cc1. The van der Waals surface area contributed by atoms with Crippen molar-refractivity contribution in [1.82, 2.24) is 10.1 Å². The molecule has 0 aliphatic carbocycles. The van der Waals surface area contributed by atoms with Gasteiger partial charge in [0, 0.05) is 24.1 Å². The zero-order valence-corrected chi connectivity index (χ0v) is 14.5.